The third-order valence-corrected chi connectivity index (χ3v) is 4.62. The van der Waals surface area contributed by atoms with E-state index < -0.39 is 0 Å². The quantitative estimate of drug-likeness (QED) is 0.509. The van der Waals surface area contributed by atoms with Crippen LogP contribution in [0.15, 0.2) is 59.8 Å². The van der Waals surface area contributed by atoms with E-state index in [1.807, 2.05) is 50.2 Å². The fourth-order valence-electron chi connectivity index (χ4n) is 3.17. The molecule has 0 bridgehead atoms. The fraction of sp³-hybridized carbons (Fsp3) is 0.150. The largest absolute Gasteiger partial charge is 0.421 e. The SMILES string of the molecule is Cn1cc(-c2cnc3[nH]cc(-c4nnc(CCc5cccnc5)o4)c3c2)cn1. The number of fused-ring (bicyclic) bond motifs is 1. The van der Waals surface area contributed by atoms with Crippen LogP contribution in [0.1, 0.15) is 11.5 Å². The van der Waals surface area contributed by atoms with E-state index in [9.17, 15) is 0 Å². The van der Waals surface area contributed by atoms with Gasteiger partial charge in [-0.05, 0) is 24.1 Å². The van der Waals surface area contributed by atoms with Crippen LogP contribution in [0.5, 0.6) is 0 Å². The molecule has 0 saturated heterocycles. The first-order valence-electron chi connectivity index (χ1n) is 8.94. The third kappa shape index (κ3) is 3.05. The number of nitrogens with zero attached hydrogens (tertiary/aromatic N) is 6. The highest BCUT2D eigenvalue weighted by Crippen LogP contribution is 2.30. The van der Waals surface area contributed by atoms with E-state index in [2.05, 4.69) is 36.3 Å². The number of aromatic amines is 1. The average Bonchev–Trinajstić information content (AvgIpc) is 3.46. The Morgan fingerprint density at radius 1 is 1.11 bits per heavy atom. The summed E-state index contributed by atoms with van der Waals surface area (Å²) >= 11 is 0. The van der Waals surface area contributed by atoms with Gasteiger partial charge in [0.2, 0.25) is 11.8 Å². The summed E-state index contributed by atoms with van der Waals surface area (Å²) in [6.07, 6.45) is 12.5. The molecule has 0 atom stereocenters. The van der Waals surface area contributed by atoms with E-state index in [-0.39, 0.29) is 0 Å². The third-order valence-electron chi connectivity index (χ3n) is 4.62. The van der Waals surface area contributed by atoms with E-state index in [4.69, 9.17) is 4.42 Å². The molecule has 0 amide bonds. The standard InChI is InChI=1S/C20H17N7O/c1-27-12-15(10-24-27)14-7-16-17(11-23-19(16)22-9-14)20-26-25-18(28-20)5-4-13-3-2-6-21-8-13/h2-3,6-12H,4-5H2,1H3,(H,22,23). The summed E-state index contributed by atoms with van der Waals surface area (Å²) < 4.78 is 7.67. The Kier molecular flexibility index (Phi) is 3.93. The molecule has 0 saturated carbocycles. The van der Waals surface area contributed by atoms with Crippen molar-refractivity contribution in [1.29, 1.82) is 0 Å². The molecule has 0 aliphatic rings. The molecular formula is C20H17N7O. The number of rotatable bonds is 5. The molecule has 5 rings (SSSR count). The van der Waals surface area contributed by atoms with Crippen molar-refractivity contribution >= 4 is 11.0 Å². The number of hydrogen-bond donors (Lipinski definition) is 1. The first-order valence-corrected chi connectivity index (χ1v) is 8.94. The Balaban J connectivity index is 1.44. The number of aromatic nitrogens is 7. The van der Waals surface area contributed by atoms with Crippen LogP contribution in [-0.2, 0) is 19.9 Å². The summed E-state index contributed by atoms with van der Waals surface area (Å²) in [6.45, 7) is 0. The van der Waals surface area contributed by atoms with Crippen molar-refractivity contribution in [2.75, 3.05) is 0 Å². The van der Waals surface area contributed by atoms with Gasteiger partial charge in [0.25, 0.3) is 0 Å². The zero-order valence-corrected chi connectivity index (χ0v) is 15.2. The van der Waals surface area contributed by atoms with E-state index in [1.165, 1.54) is 0 Å². The van der Waals surface area contributed by atoms with Crippen molar-refractivity contribution in [1.82, 2.24) is 34.9 Å². The van der Waals surface area contributed by atoms with Crippen molar-refractivity contribution < 1.29 is 4.42 Å². The zero-order chi connectivity index (χ0) is 18.9. The average molecular weight is 371 g/mol. The van der Waals surface area contributed by atoms with E-state index in [1.54, 1.807) is 10.9 Å². The molecule has 0 unspecified atom stereocenters. The molecule has 0 radical (unpaired) electrons. The molecule has 5 aromatic rings. The normalized spacial score (nSPS) is 11.3. The lowest BCUT2D eigenvalue weighted by Gasteiger charge is -1.98. The Hall–Kier alpha value is -3.81. The van der Waals surface area contributed by atoms with Crippen LogP contribution < -0.4 is 0 Å². The summed E-state index contributed by atoms with van der Waals surface area (Å²) in [6, 6.07) is 6.02. The Morgan fingerprint density at radius 3 is 2.89 bits per heavy atom. The molecule has 1 N–H and O–H groups in total. The molecule has 5 heterocycles. The van der Waals surface area contributed by atoms with Crippen LogP contribution >= 0.6 is 0 Å². The molecule has 0 fully saturated rings. The number of nitrogens with one attached hydrogen (secondary N) is 1. The van der Waals surface area contributed by atoms with Gasteiger partial charge in [-0.1, -0.05) is 6.07 Å². The topological polar surface area (TPSA) is 98.3 Å². The molecule has 0 aliphatic carbocycles. The van der Waals surface area contributed by atoms with Crippen molar-refractivity contribution in [2.45, 2.75) is 12.8 Å². The lowest BCUT2D eigenvalue weighted by atomic mass is 10.1. The van der Waals surface area contributed by atoms with Gasteiger partial charge in [0, 0.05) is 61.0 Å². The number of pyridine rings is 2. The van der Waals surface area contributed by atoms with Crippen LogP contribution in [0.3, 0.4) is 0 Å². The maximum Gasteiger partial charge on any atom is 0.249 e. The van der Waals surface area contributed by atoms with Crippen LogP contribution in [0, 0.1) is 0 Å². The van der Waals surface area contributed by atoms with Gasteiger partial charge in [-0.2, -0.15) is 5.10 Å². The minimum atomic E-state index is 0.484. The molecule has 0 spiro atoms. The van der Waals surface area contributed by atoms with Crippen molar-refractivity contribution in [3.63, 3.8) is 0 Å². The van der Waals surface area contributed by atoms with Gasteiger partial charge in [0.15, 0.2) is 0 Å². The summed E-state index contributed by atoms with van der Waals surface area (Å²) in [5, 5.41) is 13.6. The summed E-state index contributed by atoms with van der Waals surface area (Å²) in [5.74, 6) is 1.09. The summed E-state index contributed by atoms with van der Waals surface area (Å²) in [4.78, 5) is 11.8. The predicted molar refractivity (Wildman–Crippen MR) is 103 cm³/mol. The predicted octanol–water partition coefficient (Wildman–Crippen LogP) is 3.19. The minimum absolute atomic E-state index is 0.484. The molecule has 0 aromatic carbocycles. The van der Waals surface area contributed by atoms with Gasteiger partial charge < -0.3 is 9.40 Å². The van der Waals surface area contributed by atoms with Gasteiger partial charge in [-0.15, -0.1) is 10.2 Å². The highest BCUT2D eigenvalue weighted by Gasteiger charge is 2.15. The van der Waals surface area contributed by atoms with Gasteiger partial charge >= 0.3 is 0 Å². The van der Waals surface area contributed by atoms with E-state index in [0.717, 1.165) is 39.7 Å². The first kappa shape index (κ1) is 16.4. The second kappa shape index (κ2) is 6.73. The molecule has 0 aliphatic heterocycles. The number of H-pyrrole nitrogens is 1. The van der Waals surface area contributed by atoms with Crippen molar-refractivity contribution in [3.8, 4) is 22.6 Å². The maximum absolute atomic E-state index is 5.90. The Morgan fingerprint density at radius 2 is 2.07 bits per heavy atom. The van der Waals surface area contributed by atoms with Gasteiger partial charge in [-0.3, -0.25) is 9.67 Å². The Labute approximate surface area is 160 Å². The first-order chi connectivity index (χ1) is 13.8. The molecule has 8 heteroatoms. The van der Waals surface area contributed by atoms with E-state index >= 15 is 0 Å². The monoisotopic (exact) mass is 371 g/mol. The summed E-state index contributed by atoms with van der Waals surface area (Å²) in [5.41, 5.74) is 4.75. The lowest BCUT2D eigenvalue weighted by Crippen LogP contribution is -1.91. The molecule has 5 aromatic heterocycles. The van der Waals surface area contributed by atoms with Gasteiger partial charge in [0.1, 0.15) is 5.65 Å². The minimum Gasteiger partial charge on any atom is -0.421 e. The number of hydrogen-bond acceptors (Lipinski definition) is 6. The highest BCUT2D eigenvalue weighted by atomic mass is 16.4. The fourth-order valence-corrected chi connectivity index (χ4v) is 3.17. The van der Waals surface area contributed by atoms with Gasteiger partial charge in [-0.25, -0.2) is 4.98 Å². The smallest absolute Gasteiger partial charge is 0.249 e. The molecular weight excluding hydrogens is 354 g/mol. The van der Waals surface area contributed by atoms with Crippen molar-refractivity contribution in [3.05, 3.63) is 66.8 Å². The van der Waals surface area contributed by atoms with Gasteiger partial charge in [0.05, 0.1) is 11.8 Å². The van der Waals surface area contributed by atoms with Crippen LogP contribution in [0.4, 0.5) is 0 Å². The molecule has 28 heavy (non-hydrogen) atoms. The van der Waals surface area contributed by atoms with Crippen LogP contribution in [0.25, 0.3) is 33.6 Å². The molecule has 8 nitrogen and oxygen atoms in total. The zero-order valence-electron chi connectivity index (χ0n) is 15.2. The van der Waals surface area contributed by atoms with E-state index in [0.29, 0.717) is 18.2 Å². The second-order valence-corrected chi connectivity index (χ2v) is 6.59. The van der Waals surface area contributed by atoms with Crippen LogP contribution in [0.2, 0.25) is 0 Å². The second-order valence-electron chi connectivity index (χ2n) is 6.59. The molecule has 138 valence electrons. The maximum atomic E-state index is 5.90. The van der Waals surface area contributed by atoms with Crippen LogP contribution in [-0.4, -0.2) is 34.9 Å². The number of aryl methyl sites for hydroxylation is 3. The Bertz CT molecular complexity index is 1240. The lowest BCUT2D eigenvalue weighted by molar-refractivity contribution is 0.505. The summed E-state index contributed by atoms with van der Waals surface area (Å²) in [7, 11) is 1.89. The highest BCUT2D eigenvalue weighted by molar-refractivity contribution is 5.93. The van der Waals surface area contributed by atoms with Crippen molar-refractivity contribution in [2.24, 2.45) is 7.05 Å².